The molecular formula is C22H30N2O6S. The molecule has 0 bridgehead atoms. The molecule has 8 nitrogen and oxygen atoms in total. The number of benzene rings is 1. The van der Waals surface area contributed by atoms with Gasteiger partial charge in [0.25, 0.3) is 0 Å². The summed E-state index contributed by atoms with van der Waals surface area (Å²) in [6.45, 7) is 3.25. The molecule has 31 heavy (non-hydrogen) atoms. The van der Waals surface area contributed by atoms with E-state index in [9.17, 15) is 13.5 Å². The van der Waals surface area contributed by atoms with Crippen molar-refractivity contribution in [2.24, 2.45) is 0 Å². The van der Waals surface area contributed by atoms with E-state index >= 15 is 0 Å². The SMILES string of the molecule is COc1ccc(-c2oc(C3CCOCC3)nc2C)cc1S(=O)(=O)NC1CCC(O)CC1. The zero-order chi connectivity index (χ0) is 22.0. The van der Waals surface area contributed by atoms with E-state index in [0.29, 0.717) is 56.1 Å². The molecule has 4 rings (SSSR count). The number of aliphatic hydroxyl groups excluding tert-OH is 1. The fourth-order valence-electron chi connectivity index (χ4n) is 4.31. The zero-order valence-corrected chi connectivity index (χ0v) is 18.8. The molecule has 2 aliphatic rings. The lowest BCUT2D eigenvalue weighted by atomic mass is 9.94. The number of methoxy groups -OCH3 is 1. The maximum Gasteiger partial charge on any atom is 0.244 e. The minimum absolute atomic E-state index is 0.0713. The molecule has 2 N–H and O–H groups in total. The summed E-state index contributed by atoms with van der Waals surface area (Å²) in [5.74, 6) is 1.73. The van der Waals surface area contributed by atoms with Crippen LogP contribution in [0, 0.1) is 6.92 Å². The topological polar surface area (TPSA) is 111 Å². The molecule has 2 heterocycles. The van der Waals surface area contributed by atoms with Gasteiger partial charge in [0.15, 0.2) is 11.7 Å². The van der Waals surface area contributed by atoms with Crippen molar-refractivity contribution >= 4 is 10.0 Å². The second kappa shape index (κ2) is 9.28. The third-order valence-electron chi connectivity index (χ3n) is 6.12. The quantitative estimate of drug-likeness (QED) is 0.695. The monoisotopic (exact) mass is 450 g/mol. The van der Waals surface area contributed by atoms with Crippen molar-refractivity contribution in [1.82, 2.24) is 9.71 Å². The predicted molar refractivity (Wildman–Crippen MR) is 115 cm³/mol. The average molecular weight is 451 g/mol. The lowest BCUT2D eigenvalue weighted by molar-refractivity contribution is 0.0796. The Hall–Kier alpha value is -1.94. The first kappa shape index (κ1) is 22.3. The smallest absolute Gasteiger partial charge is 0.244 e. The summed E-state index contributed by atoms with van der Waals surface area (Å²) in [6, 6.07) is 4.81. The van der Waals surface area contributed by atoms with Gasteiger partial charge >= 0.3 is 0 Å². The van der Waals surface area contributed by atoms with Gasteiger partial charge in [-0.05, 0) is 63.6 Å². The van der Waals surface area contributed by atoms with Gasteiger partial charge in [-0.15, -0.1) is 0 Å². The van der Waals surface area contributed by atoms with Crippen LogP contribution in [0.25, 0.3) is 11.3 Å². The molecule has 1 aliphatic carbocycles. The van der Waals surface area contributed by atoms with Gasteiger partial charge in [0.05, 0.1) is 18.9 Å². The first-order valence-electron chi connectivity index (χ1n) is 10.8. The molecule has 1 aromatic heterocycles. The van der Waals surface area contributed by atoms with E-state index in [0.717, 1.165) is 18.5 Å². The third kappa shape index (κ3) is 4.95. The number of hydrogen-bond donors (Lipinski definition) is 2. The van der Waals surface area contributed by atoms with Gasteiger partial charge in [-0.2, -0.15) is 0 Å². The number of rotatable bonds is 6. The van der Waals surface area contributed by atoms with Gasteiger partial charge in [0, 0.05) is 30.7 Å². The largest absolute Gasteiger partial charge is 0.495 e. The van der Waals surface area contributed by atoms with Gasteiger partial charge in [-0.3, -0.25) is 0 Å². The van der Waals surface area contributed by atoms with E-state index in [2.05, 4.69) is 9.71 Å². The molecule has 1 saturated heterocycles. The molecule has 1 aliphatic heterocycles. The summed E-state index contributed by atoms with van der Waals surface area (Å²) in [6.07, 6.45) is 3.78. The summed E-state index contributed by atoms with van der Waals surface area (Å²) in [5, 5.41) is 9.69. The van der Waals surface area contributed by atoms with E-state index in [1.807, 2.05) is 6.92 Å². The Morgan fingerprint density at radius 3 is 2.52 bits per heavy atom. The maximum atomic E-state index is 13.2. The van der Waals surface area contributed by atoms with Gasteiger partial charge < -0.3 is 19.0 Å². The molecule has 0 radical (unpaired) electrons. The normalized spacial score (nSPS) is 23.1. The van der Waals surface area contributed by atoms with Gasteiger partial charge in [0.1, 0.15) is 10.6 Å². The van der Waals surface area contributed by atoms with E-state index in [4.69, 9.17) is 13.9 Å². The molecule has 9 heteroatoms. The molecule has 2 aromatic rings. The molecule has 2 fully saturated rings. The minimum atomic E-state index is -3.81. The number of aryl methyl sites for hydroxylation is 1. The lowest BCUT2D eigenvalue weighted by Gasteiger charge is -2.26. The Morgan fingerprint density at radius 2 is 1.84 bits per heavy atom. The molecule has 170 valence electrons. The lowest BCUT2D eigenvalue weighted by Crippen LogP contribution is -2.38. The van der Waals surface area contributed by atoms with Crippen LogP contribution in [0.5, 0.6) is 5.75 Å². The number of hydrogen-bond acceptors (Lipinski definition) is 7. The summed E-state index contributed by atoms with van der Waals surface area (Å²) in [4.78, 5) is 4.67. The first-order chi connectivity index (χ1) is 14.9. The second-order valence-corrected chi connectivity index (χ2v) is 10.0. The van der Waals surface area contributed by atoms with Crippen LogP contribution in [-0.2, 0) is 14.8 Å². The molecule has 0 spiro atoms. The molecule has 0 amide bonds. The summed E-state index contributed by atoms with van der Waals surface area (Å²) < 4.78 is 46.0. The third-order valence-corrected chi connectivity index (χ3v) is 7.66. The van der Waals surface area contributed by atoms with Crippen LogP contribution in [0.3, 0.4) is 0 Å². The highest BCUT2D eigenvalue weighted by Crippen LogP contribution is 2.35. The van der Waals surface area contributed by atoms with Gasteiger partial charge in [0.2, 0.25) is 10.0 Å². The Bertz CT molecular complexity index is 1010. The predicted octanol–water partition coefficient (Wildman–Crippen LogP) is 3.13. The van der Waals surface area contributed by atoms with Gasteiger partial charge in [-0.25, -0.2) is 18.1 Å². The highest BCUT2D eigenvalue weighted by atomic mass is 32.2. The summed E-state index contributed by atoms with van der Waals surface area (Å²) in [5.41, 5.74) is 1.37. The van der Waals surface area contributed by atoms with Crippen molar-refractivity contribution in [2.75, 3.05) is 20.3 Å². The van der Waals surface area contributed by atoms with Crippen LogP contribution >= 0.6 is 0 Å². The van der Waals surface area contributed by atoms with Crippen LogP contribution in [0.1, 0.15) is 56.0 Å². The summed E-state index contributed by atoms with van der Waals surface area (Å²) in [7, 11) is -2.36. The fraction of sp³-hybridized carbons (Fsp3) is 0.591. The molecule has 1 saturated carbocycles. The van der Waals surface area contributed by atoms with Crippen molar-refractivity contribution < 1.29 is 27.4 Å². The average Bonchev–Trinajstić information content (AvgIpc) is 3.17. The van der Waals surface area contributed by atoms with Crippen molar-refractivity contribution in [3.63, 3.8) is 0 Å². The van der Waals surface area contributed by atoms with Crippen molar-refractivity contribution in [3.8, 4) is 17.1 Å². The Labute approximate surface area is 183 Å². The highest BCUT2D eigenvalue weighted by Gasteiger charge is 2.28. The molecule has 0 atom stereocenters. The minimum Gasteiger partial charge on any atom is -0.495 e. The number of nitrogens with zero attached hydrogens (tertiary/aromatic N) is 1. The number of sulfonamides is 1. The Morgan fingerprint density at radius 1 is 1.13 bits per heavy atom. The van der Waals surface area contributed by atoms with Crippen LogP contribution in [0.15, 0.2) is 27.5 Å². The first-order valence-corrected chi connectivity index (χ1v) is 12.3. The number of oxazole rings is 1. The van der Waals surface area contributed by atoms with Crippen LogP contribution in [0.4, 0.5) is 0 Å². The van der Waals surface area contributed by atoms with E-state index in [1.54, 1.807) is 18.2 Å². The standard InChI is InChI=1S/C22H30N2O6S/c1-14-21(30-22(23-14)15-9-11-29-12-10-15)16-3-8-19(28-2)20(13-16)31(26,27)24-17-4-6-18(25)7-5-17/h3,8,13,15,17-18,24-25H,4-7,9-12H2,1-2H3. The van der Waals surface area contributed by atoms with Crippen LogP contribution < -0.4 is 9.46 Å². The fourth-order valence-corrected chi connectivity index (χ4v) is 5.81. The number of aliphatic hydroxyl groups is 1. The van der Waals surface area contributed by atoms with E-state index in [-0.39, 0.29) is 28.7 Å². The van der Waals surface area contributed by atoms with Crippen LogP contribution in [-0.4, -0.2) is 51.0 Å². The Balaban J connectivity index is 1.62. The number of nitrogens with one attached hydrogen (secondary N) is 1. The molecule has 0 unspecified atom stereocenters. The molecule has 1 aromatic carbocycles. The van der Waals surface area contributed by atoms with Crippen LogP contribution in [0.2, 0.25) is 0 Å². The highest BCUT2D eigenvalue weighted by molar-refractivity contribution is 7.89. The molecular weight excluding hydrogens is 420 g/mol. The second-order valence-electron chi connectivity index (χ2n) is 8.35. The van der Waals surface area contributed by atoms with Crippen molar-refractivity contribution in [3.05, 3.63) is 29.8 Å². The van der Waals surface area contributed by atoms with Gasteiger partial charge in [-0.1, -0.05) is 0 Å². The van der Waals surface area contributed by atoms with Crippen molar-refractivity contribution in [2.45, 2.75) is 68.4 Å². The van der Waals surface area contributed by atoms with E-state index < -0.39 is 10.0 Å². The zero-order valence-electron chi connectivity index (χ0n) is 18.0. The summed E-state index contributed by atoms with van der Waals surface area (Å²) >= 11 is 0. The number of aromatic nitrogens is 1. The maximum absolute atomic E-state index is 13.2. The van der Waals surface area contributed by atoms with E-state index in [1.165, 1.54) is 7.11 Å². The number of ether oxygens (including phenoxy) is 2. The van der Waals surface area contributed by atoms with Crippen molar-refractivity contribution in [1.29, 1.82) is 0 Å². The Kier molecular flexibility index (Phi) is 6.66.